The molecular weight excluding hydrogens is 336 g/mol. The lowest BCUT2D eigenvalue weighted by Gasteiger charge is -2.09. The summed E-state index contributed by atoms with van der Waals surface area (Å²) in [6.07, 6.45) is 1.64. The minimum absolute atomic E-state index is 0.0769. The lowest BCUT2D eigenvalue weighted by Crippen LogP contribution is -2.24. The van der Waals surface area contributed by atoms with Gasteiger partial charge in [-0.15, -0.1) is 5.10 Å². The van der Waals surface area contributed by atoms with Crippen LogP contribution in [-0.4, -0.2) is 33.5 Å². The highest BCUT2D eigenvalue weighted by atomic mass is 32.2. The van der Waals surface area contributed by atoms with Crippen LogP contribution < -0.4 is 10.1 Å². The van der Waals surface area contributed by atoms with E-state index in [9.17, 15) is 4.79 Å². The number of para-hydroxylation sites is 2. The minimum atomic E-state index is -0.0769. The summed E-state index contributed by atoms with van der Waals surface area (Å²) in [5.74, 6) is 0.944. The van der Waals surface area contributed by atoms with Crippen LogP contribution in [0.15, 0.2) is 66.1 Å². The molecule has 0 saturated heterocycles. The van der Waals surface area contributed by atoms with Crippen molar-refractivity contribution in [3.8, 4) is 11.4 Å². The fraction of sp³-hybridized carbons (Fsp3) is 0.167. The molecule has 3 rings (SSSR count). The number of nitrogens with zero attached hydrogens (tertiary/aromatic N) is 3. The van der Waals surface area contributed by atoms with Gasteiger partial charge in [-0.25, -0.2) is 9.67 Å². The number of hydrogen-bond donors (Lipinski definition) is 1. The fourth-order valence-electron chi connectivity index (χ4n) is 2.24. The largest absolute Gasteiger partial charge is 0.496 e. The smallest absolute Gasteiger partial charge is 0.230 e. The van der Waals surface area contributed by atoms with Gasteiger partial charge in [0.15, 0.2) is 0 Å². The first-order chi connectivity index (χ1) is 12.3. The zero-order valence-electron chi connectivity index (χ0n) is 13.8. The second kappa shape index (κ2) is 8.34. The zero-order chi connectivity index (χ0) is 17.5. The summed E-state index contributed by atoms with van der Waals surface area (Å²) in [6.45, 7) is 0.426. The first kappa shape index (κ1) is 17.0. The molecule has 3 aromatic rings. The average Bonchev–Trinajstić information content (AvgIpc) is 3.14. The van der Waals surface area contributed by atoms with E-state index in [2.05, 4.69) is 15.4 Å². The molecule has 1 N–H and O–H groups in total. The number of ether oxygens (including phenoxy) is 1. The molecule has 1 aromatic heterocycles. The molecular formula is C18H18N4O2S. The van der Waals surface area contributed by atoms with E-state index < -0.39 is 0 Å². The summed E-state index contributed by atoms with van der Waals surface area (Å²) in [7, 11) is 1.62. The van der Waals surface area contributed by atoms with Crippen molar-refractivity contribution in [1.82, 2.24) is 20.1 Å². The maximum absolute atomic E-state index is 12.0. The molecule has 0 fully saturated rings. The van der Waals surface area contributed by atoms with Crippen LogP contribution in [-0.2, 0) is 11.3 Å². The predicted molar refractivity (Wildman–Crippen MR) is 96.9 cm³/mol. The average molecular weight is 354 g/mol. The lowest BCUT2D eigenvalue weighted by molar-refractivity contribution is -0.118. The van der Waals surface area contributed by atoms with Crippen LogP contribution in [0.3, 0.4) is 0 Å². The van der Waals surface area contributed by atoms with Gasteiger partial charge in [0.25, 0.3) is 0 Å². The molecule has 6 nitrogen and oxygen atoms in total. The first-order valence-electron chi connectivity index (χ1n) is 7.75. The summed E-state index contributed by atoms with van der Waals surface area (Å²) in [4.78, 5) is 16.3. The molecule has 25 heavy (non-hydrogen) atoms. The van der Waals surface area contributed by atoms with Crippen molar-refractivity contribution < 1.29 is 9.53 Å². The Morgan fingerprint density at radius 3 is 2.72 bits per heavy atom. The third-order valence-corrected chi connectivity index (χ3v) is 4.34. The molecule has 1 heterocycles. The number of carbonyl (C=O) groups is 1. The molecule has 1 amide bonds. The maximum atomic E-state index is 12.0. The van der Waals surface area contributed by atoms with Crippen molar-refractivity contribution in [1.29, 1.82) is 0 Å². The van der Waals surface area contributed by atoms with E-state index in [0.717, 1.165) is 17.0 Å². The third kappa shape index (κ3) is 4.60. The van der Waals surface area contributed by atoms with E-state index in [1.54, 1.807) is 18.1 Å². The highest BCUT2D eigenvalue weighted by Crippen LogP contribution is 2.17. The van der Waals surface area contributed by atoms with Crippen molar-refractivity contribution in [3.05, 3.63) is 66.5 Å². The number of aromatic nitrogens is 3. The third-order valence-electron chi connectivity index (χ3n) is 3.49. The molecule has 0 radical (unpaired) electrons. The Labute approximate surface area is 150 Å². The molecule has 0 aliphatic rings. The van der Waals surface area contributed by atoms with Crippen molar-refractivity contribution in [2.75, 3.05) is 12.9 Å². The first-order valence-corrected chi connectivity index (χ1v) is 8.73. The van der Waals surface area contributed by atoms with Gasteiger partial charge < -0.3 is 10.1 Å². The topological polar surface area (TPSA) is 69.0 Å². The van der Waals surface area contributed by atoms with E-state index in [4.69, 9.17) is 4.74 Å². The number of methoxy groups -OCH3 is 1. The van der Waals surface area contributed by atoms with Gasteiger partial charge >= 0.3 is 0 Å². The molecule has 0 saturated carbocycles. The highest BCUT2D eigenvalue weighted by Gasteiger charge is 2.08. The van der Waals surface area contributed by atoms with Gasteiger partial charge in [-0.3, -0.25) is 4.79 Å². The summed E-state index contributed by atoms with van der Waals surface area (Å²) >= 11 is 1.30. The minimum Gasteiger partial charge on any atom is -0.496 e. The Morgan fingerprint density at radius 1 is 1.16 bits per heavy atom. The molecule has 128 valence electrons. The number of nitrogens with one attached hydrogen (secondary N) is 1. The highest BCUT2D eigenvalue weighted by molar-refractivity contribution is 7.99. The van der Waals surface area contributed by atoms with Gasteiger partial charge in [0, 0.05) is 12.1 Å². The molecule has 0 bridgehead atoms. The summed E-state index contributed by atoms with van der Waals surface area (Å²) < 4.78 is 6.96. The van der Waals surface area contributed by atoms with Gasteiger partial charge in [-0.1, -0.05) is 48.2 Å². The molecule has 0 atom stereocenters. The van der Waals surface area contributed by atoms with E-state index in [-0.39, 0.29) is 11.7 Å². The Morgan fingerprint density at radius 2 is 1.92 bits per heavy atom. The Balaban J connectivity index is 1.50. The van der Waals surface area contributed by atoms with E-state index >= 15 is 0 Å². The zero-order valence-corrected chi connectivity index (χ0v) is 14.6. The Hall–Kier alpha value is -2.80. The van der Waals surface area contributed by atoms with Crippen molar-refractivity contribution in [2.24, 2.45) is 0 Å². The van der Waals surface area contributed by atoms with Crippen molar-refractivity contribution in [2.45, 2.75) is 11.7 Å². The lowest BCUT2D eigenvalue weighted by atomic mass is 10.2. The van der Waals surface area contributed by atoms with Gasteiger partial charge in [0.05, 0.1) is 18.6 Å². The molecule has 2 aromatic carbocycles. The number of hydrogen-bond acceptors (Lipinski definition) is 5. The predicted octanol–water partition coefficient (Wildman–Crippen LogP) is 2.68. The van der Waals surface area contributed by atoms with Crippen LogP contribution >= 0.6 is 11.8 Å². The molecule has 0 spiro atoms. The van der Waals surface area contributed by atoms with E-state index in [0.29, 0.717) is 11.7 Å². The maximum Gasteiger partial charge on any atom is 0.230 e. The monoisotopic (exact) mass is 354 g/mol. The standard InChI is InChI=1S/C18H18N4O2S/c1-24-16-10-6-5-7-14(16)11-19-17(23)12-25-18-20-13-22(21-18)15-8-3-2-4-9-15/h2-10,13H,11-12H2,1H3,(H,19,23). The number of rotatable bonds is 7. The molecule has 0 aliphatic heterocycles. The summed E-state index contributed by atoms with van der Waals surface area (Å²) in [5, 5.41) is 7.81. The number of benzene rings is 2. The molecule has 0 unspecified atom stereocenters. The molecule has 0 aliphatic carbocycles. The van der Waals surface area contributed by atoms with Crippen LogP contribution in [0, 0.1) is 0 Å². The van der Waals surface area contributed by atoms with Gasteiger partial charge in [-0.2, -0.15) is 0 Å². The quantitative estimate of drug-likeness (QED) is 0.661. The Kier molecular flexibility index (Phi) is 5.69. The number of carbonyl (C=O) groups excluding carboxylic acids is 1. The fourth-order valence-corrected chi connectivity index (χ4v) is 2.87. The van der Waals surface area contributed by atoms with E-state index in [1.807, 2.05) is 54.6 Å². The van der Waals surface area contributed by atoms with Crippen LogP contribution in [0.4, 0.5) is 0 Å². The van der Waals surface area contributed by atoms with Gasteiger partial charge in [0.2, 0.25) is 11.1 Å². The van der Waals surface area contributed by atoms with Crippen LogP contribution in [0.2, 0.25) is 0 Å². The molecule has 7 heteroatoms. The second-order valence-corrected chi connectivity index (χ2v) is 6.13. The van der Waals surface area contributed by atoms with Gasteiger partial charge in [-0.05, 0) is 18.2 Å². The SMILES string of the molecule is COc1ccccc1CNC(=O)CSc1ncn(-c2ccccc2)n1. The number of amides is 1. The number of thioether (sulfide) groups is 1. The van der Waals surface area contributed by atoms with E-state index in [1.165, 1.54) is 11.8 Å². The van der Waals surface area contributed by atoms with Crippen LogP contribution in [0.1, 0.15) is 5.56 Å². The summed E-state index contributed by atoms with van der Waals surface area (Å²) in [6, 6.07) is 17.3. The van der Waals surface area contributed by atoms with Crippen LogP contribution in [0.5, 0.6) is 5.75 Å². The van der Waals surface area contributed by atoms with Crippen molar-refractivity contribution in [3.63, 3.8) is 0 Å². The van der Waals surface area contributed by atoms with Gasteiger partial charge in [0.1, 0.15) is 12.1 Å². The second-order valence-electron chi connectivity index (χ2n) is 5.18. The van der Waals surface area contributed by atoms with Crippen molar-refractivity contribution >= 4 is 17.7 Å². The summed E-state index contributed by atoms with van der Waals surface area (Å²) in [5.41, 5.74) is 1.87. The Bertz CT molecular complexity index is 836. The normalized spacial score (nSPS) is 10.4. The van der Waals surface area contributed by atoms with Crippen LogP contribution in [0.25, 0.3) is 5.69 Å².